The molecule has 0 aliphatic heterocycles. The fraction of sp³-hybridized carbons (Fsp3) is 0.333. The van der Waals surface area contributed by atoms with Crippen LogP contribution in [0.2, 0.25) is 0 Å². The van der Waals surface area contributed by atoms with Crippen LogP contribution in [-0.2, 0) is 6.42 Å². The van der Waals surface area contributed by atoms with E-state index in [1.807, 2.05) is 18.2 Å². The van der Waals surface area contributed by atoms with Crippen LogP contribution in [0.1, 0.15) is 54.7 Å². The standard InChI is InChI=1S/C21H25N3S/c22-21(25)24-23-20(15-16-7-3-1-4-8-16)19-13-11-18(12-14-19)17-9-5-2-6-10-17/h1,3-4,7-8,11-14,17H,2,5-6,9-10,15H2,(H3,22,24,25)/b23-20+. The largest absolute Gasteiger partial charge is 0.375 e. The van der Waals surface area contributed by atoms with E-state index < -0.39 is 0 Å². The Bertz CT molecular complexity index is 717. The number of hydrogen-bond acceptors (Lipinski definition) is 2. The molecule has 2 aromatic rings. The molecule has 1 aliphatic rings. The Morgan fingerprint density at radius 1 is 1.00 bits per heavy atom. The van der Waals surface area contributed by atoms with Crippen molar-refractivity contribution in [1.29, 1.82) is 0 Å². The molecule has 1 saturated carbocycles. The Kier molecular flexibility index (Phi) is 6.18. The van der Waals surface area contributed by atoms with Gasteiger partial charge in [0, 0.05) is 6.42 Å². The van der Waals surface area contributed by atoms with E-state index >= 15 is 0 Å². The highest BCUT2D eigenvalue weighted by Gasteiger charge is 2.15. The van der Waals surface area contributed by atoms with Crippen molar-refractivity contribution in [2.75, 3.05) is 0 Å². The topological polar surface area (TPSA) is 50.4 Å². The van der Waals surface area contributed by atoms with E-state index in [0.29, 0.717) is 5.92 Å². The van der Waals surface area contributed by atoms with Gasteiger partial charge in [-0.2, -0.15) is 5.10 Å². The highest BCUT2D eigenvalue weighted by Crippen LogP contribution is 2.32. The average Bonchev–Trinajstić information content (AvgIpc) is 2.67. The van der Waals surface area contributed by atoms with E-state index in [-0.39, 0.29) is 5.11 Å². The molecular formula is C21H25N3S. The minimum Gasteiger partial charge on any atom is -0.375 e. The van der Waals surface area contributed by atoms with Crippen molar-refractivity contribution < 1.29 is 0 Å². The van der Waals surface area contributed by atoms with Gasteiger partial charge >= 0.3 is 0 Å². The fourth-order valence-corrected chi connectivity index (χ4v) is 3.55. The SMILES string of the molecule is NC(=S)N/N=C(\Cc1ccccc1)c1ccc(C2CCCCC2)cc1. The molecule has 0 radical (unpaired) electrons. The Labute approximate surface area is 155 Å². The predicted octanol–water partition coefficient (Wildman–Crippen LogP) is 4.51. The van der Waals surface area contributed by atoms with Crippen LogP contribution in [0.3, 0.4) is 0 Å². The number of benzene rings is 2. The zero-order valence-corrected chi connectivity index (χ0v) is 15.3. The number of nitrogens with one attached hydrogen (secondary N) is 1. The van der Waals surface area contributed by atoms with E-state index in [1.165, 1.54) is 43.2 Å². The summed E-state index contributed by atoms with van der Waals surface area (Å²) in [6.07, 6.45) is 7.45. The molecular weight excluding hydrogens is 326 g/mol. The maximum Gasteiger partial charge on any atom is 0.184 e. The first-order valence-electron chi connectivity index (χ1n) is 8.98. The van der Waals surface area contributed by atoms with Crippen molar-refractivity contribution >= 4 is 23.0 Å². The second-order valence-electron chi connectivity index (χ2n) is 6.65. The Hall–Kier alpha value is -2.20. The van der Waals surface area contributed by atoms with Gasteiger partial charge in [-0.1, -0.05) is 73.9 Å². The summed E-state index contributed by atoms with van der Waals surface area (Å²) in [5, 5.41) is 4.62. The van der Waals surface area contributed by atoms with E-state index in [9.17, 15) is 0 Å². The molecule has 0 amide bonds. The van der Waals surface area contributed by atoms with Gasteiger partial charge in [0.2, 0.25) is 0 Å². The summed E-state index contributed by atoms with van der Waals surface area (Å²) >= 11 is 4.89. The Morgan fingerprint density at radius 2 is 1.68 bits per heavy atom. The molecule has 2 aromatic carbocycles. The first-order valence-corrected chi connectivity index (χ1v) is 9.39. The molecule has 0 heterocycles. The molecule has 4 heteroatoms. The number of hydrogen-bond donors (Lipinski definition) is 2. The summed E-state index contributed by atoms with van der Waals surface area (Å²) in [5.41, 5.74) is 13.0. The number of nitrogens with zero attached hydrogens (tertiary/aromatic N) is 1. The zero-order chi connectivity index (χ0) is 17.5. The van der Waals surface area contributed by atoms with E-state index in [1.54, 1.807) is 0 Å². The minimum atomic E-state index is 0.185. The van der Waals surface area contributed by atoms with Gasteiger partial charge < -0.3 is 5.73 Å². The normalized spacial score (nSPS) is 15.8. The van der Waals surface area contributed by atoms with Crippen LogP contribution in [0.25, 0.3) is 0 Å². The molecule has 1 aliphatic carbocycles. The maximum absolute atomic E-state index is 5.55. The molecule has 0 saturated heterocycles. The smallest absolute Gasteiger partial charge is 0.184 e. The molecule has 0 aromatic heterocycles. The first kappa shape index (κ1) is 17.6. The molecule has 0 spiro atoms. The molecule has 25 heavy (non-hydrogen) atoms. The molecule has 1 fully saturated rings. The lowest BCUT2D eigenvalue weighted by Gasteiger charge is -2.22. The summed E-state index contributed by atoms with van der Waals surface area (Å²) in [4.78, 5) is 0. The van der Waals surface area contributed by atoms with Crippen molar-refractivity contribution in [3.05, 3.63) is 71.3 Å². The summed E-state index contributed by atoms with van der Waals surface area (Å²) in [6.45, 7) is 0. The second-order valence-corrected chi connectivity index (χ2v) is 7.09. The Balaban J connectivity index is 1.79. The van der Waals surface area contributed by atoms with Gasteiger partial charge in [0.1, 0.15) is 0 Å². The third kappa shape index (κ3) is 5.13. The van der Waals surface area contributed by atoms with Crippen molar-refractivity contribution in [2.45, 2.75) is 44.4 Å². The van der Waals surface area contributed by atoms with Crippen LogP contribution in [0.15, 0.2) is 59.7 Å². The van der Waals surface area contributed by atoms with Crippen LogP contribution < -0.4 is 11.2 Å². The lowest BCUT2D eigenvalue weighted by atomic mass is 9.83. The highest BCUT2D eigenvalue weighted by atomic mass is 32.1. The van der Waals surface area contributed by atoms with Crippen LogP contribution in [-0.4, -0.2) is 10.8 Å². The van der Waals surface area contributed by atoms with Crippen molar-refractivity contribution in [2.24, 2.45) is 10.8 Å². The van der Waals surface area contributed by atoms with Crippen LogP contribution in [0.5, 0.6) is 0 Å². The second kappa shape index (κ2) is 8.77. The van der Waals surface area contributed by atoms with Gasteiger partial charge in [-0.3, -0.25) is 5.43 Å². The number of rotatable bonds is 5. The third-order valence-corrected chi connectivity index (χ3v) is 4.93. The molecule has 3 nitrogen and oxygen atoms in total. The van der Waals surface area contributed by atoms with Crippen molar-refractivity contribution in [3.8, 4) is 0 Å². The van der Waals surface area contributed by atoms with Gasteiger partial charge in [0.15, 0.2) is 5.11 Å². The fourth-order valence-electron chi connectivity index (χ4n) is 3.50. The van der Waals surface area contributed by atoms with Crippen LogP contribution in [0.4, 0.5) is 0 Å². The molecule has 0 atom stereocenters. The van der Waals surface area contributed by atoms with Gasteiger partial charge in [0.05, 0.1) is 5.71 Å². The quantitative estimate of drug-likeness (QED) is 0.473. The Morgan fingerprint density at radius 3 is 2.32 bits per heavy atom. The number of nitrogens with two attached hydrogens (primary N) is 1. The van der Waals surface area contributed by atoms with Crippen LogP contribution >= 0.6 is 12.2 Å². The summed E-state index contributed by atoms with van der Waals surface area (Å²) in [5.74, 6) is 0.715. The number of hydrazone groups is 1. The maximum atomic E-state index is 5.55. The molecule has 3 N–H and O–H groups in total. The lowest BCUT2D eigenvalue weighted by molar-refractivity contribution is 0.443. The summed E-state index contributed by atoms with van der Waals surface area (Å²) in [7, 11) is 0. The van der Waals surface area contributed by atoms with Crippen molar-refractivity contribution in [1.82, 2.24) is 5.43 Å². The van der Waals surface area contributed by atoms with E-state index in [4.69, 9.17) is 18.0 Å². The van der Waals surface area contributed by atoms with Gasteiger partial charge in [-0.25, -0.2) is 0 Å². The lowest BCUT2D eigenvalue weighted by Crippen LogP contribution is -2.26. The molecule has 0 bridgehead atoms. The average molecular weight is 352 g/mol. The van der Waals surface area contributed by atoms with Gasteiger partial charge in [0.25, 0.3) is 0 Å². The molecule has 130 valence electrons. The summed E-state index contributed by atoms with van der Waals surface area (Å²) < 4.78 is 0. The monoisotopic (exact) mass is 351 g/mol. The molecule has 3 rings (SSSR count). The van der Waals surface area contributed by atoms with Gasteiger partial charge in [-0.15, -0.1) is 0 Å². The number of thiocarbonyl (C=S) groups is 1. The zero-order valence-electron chi connectivity index (χ0n) is 14.4. The van der Waals surface area contributed by atoms with Crippen LogP contribution in [0, 0.1) is 0 Å². The highest BCUT2D eigenvalue weighted by molar-refractivity contribution is 7.80. The minimum absolute atomic E-state index is 0.185. The van der Waals surface area contributed by atoms with E-state index in [2.05, 4.69) is 46.9 Å². The predicted molar refractivity (Wildman–Crippen MR) is 109 cm³/mol. The third-order valence-electron chi connectivity index (χ3n) is 4.84. The molecule has 0 unspecified atom stereocenters. The van der Waals surface area contributed by atoms with Crippen molar-refractivity contribution in [3.63, 3.8) is 0 Å². The summed E-state index contributed by atoms with van der Waals surface area (Å²) in [6, 6.07) is 19.2. The first-order chi connectivity index (χ1) is 12.2. The van der Waals surface area contributed by atoms with E-state index in [0.717, 1.165) is 17.7 Å². The van der Waals surface area contributed by atoms with Gasteiger partial charge in [-0.05, 0) is 47.7 Å².